The van der Waals surface area contributed by atoms with Crippen LogP contribution in [0, 0.1) is 6.92 Å². The zero-order valence-electron chi connectivity index (χ0n) is 10.8. The van der Waals surface area contributed by atoms with Crippen molar-refractivity contribution in [3.63, 3.8) is 0 Å². The van der Waals surface area contributed by atoms with Crippen LogP contribution < -0.4 is 5.32 Å². The van der Waals surface area contributed by atoms with E-state index in [1.165, 1.54) is 31.2 Å². The molecular formula is C14H24N2. The van der Waals surface area contributed by atoms with Crippen molar-refractivity contribution in [2.24, 2.45) is 0 Å². The highest BCUT2D eigenvalue weighted by Crippen LogP contribution is 2.19. The predicted octanol–water partition coefficient (Wildman–Crippen LogP) is 3.62. The zero-order chi connectivity index (χ0) is 11.8. The minimum Gasteiger partial charge on any atom is -0.310 e. The molecule has 0 aromatic carbocycles. The minimum absolute atomic E-state index is 0.498. The third-order valence-electron chi connectivity index (χ3n) is 2.87. The lowest BCUT2D eigenvalue weighted by Gasteiger charge is -2.18. The lowest BCUT2D eigenvalue weighted by Crippen LogP contribution is -2.21. The van der Waals surface area contributed by atoms with Gasteiger partial charge >= 0.3 is 0 Å². The number of aromatic nitrogens is 1. The minimum atomic E-state index is 0.498. The first-order chi connectivity index (χ1) is 7.77. The quantitative estimate of drug-likeness (QED) is 0.710. The normalized spacial score (nSPS) is 12.7. The standard InChI is InChI=1S/C14H24N2/c1-4-6-7-8-14(15-5-2)13-9-10-16-12(3)11-13/h9-11,14-15H,4-8H2,1-3H3. The first-order valence-electron chi connectivity index (χ1n) is 6.43. The SMILES string of the molecule is CCCCCC(NCC)c1ccnc(C)c1. The maximum Gasteiger partial charge on any atom is 0.0375 e. The summed E-state index contributed by atoms with van der Waals surface area (Å²) in [6, 6.07) is 4.82. The number of pyridine rings is 1. The first kappa shape index (κ1) is 13.2. The van der Waals surface area contributed by atoms with E-state index in [0.717, 1.165) is 12.2 Å². The smallest absolute Gasteiger partial charge is 0.0375 e. The van der Waals surface area contributed by atoms with Crippen LogP contribution in [0.4, 0.5) is 0 Å². The van der Waals surface area contributed by atoms with Gasteiger partial charge in [0.2, 0.25) is 0 Å². The van der Waals surface area contributed by atoms with Crippen LogP contribution in [-0.2, 0) is 0 Å². The molecule has 1 aromatic heterocycles. The van der Waals surface area contributed by atoms with Crippen molar-refractivity contribution < 1.29 is 0 Å². The number of nitrogens with one attached hydrogen (secondary N) is 1. The summed E-state index contributed by atoms with van der Waals surface area (Å²) in [6.45, 7) is 7.50. The molecule has 1 rings (SSSR count). The Kier molecular flexibility index (Phi) is 6.09. The molecule has 0 aliphatic rings. The van der Waals surface area contributed by atoms with Crippen LogP contribution in [0.1, 0.15) is 56.8 Å². The second-order valence-corrected chi connectivity index (χ2v) is 4.34. The Morgan fingerprint density at radius 3 is 2.75 bits per heavy atom. The summed E-state index contributed by atoms with van der Waals surface area (Å²) in [4.78, 5) is 4.25. The predicted molar refractivity (Wildman–Crippen MR) is 69.5 cm³/mol. The lowest BCUT2D eigenvalue weighted by molar-refractivity contribution is 0.486. The summed E-state index contributed by atoms with van der Waals surface area (Å²) in [5.74, 6) is 0. The molecule has 0 fully saturated rings. The Hall–Kier alpha value is -0.890. The summed E-state index contributed by atoms with van der Waals surface area (Å²) in [6.07, 6.45) is 7.05. The number of unbranched alkanes of at least 4 members (excludes halogenated alkanes) is 2. The highest BCUT2D eigenvalue weighted by Gasteiger charge is 2.09. The molecule has 2 nitrogen and oxygen atoms in total. The van der Waals surface area contributed by atoms with Crippen molar-refractivity contribution in [2.45, 2.75) is 52.5 Å². The van der Waals surface area contributed by atoms with Crippen molar-refractivity contribution in [3.05, 3.63) is 29.6 Å². The second kappa shape index (κ2) is 7.39. The van der Waals surface area contributed by atoms with Crippen LogP contribution >= 0.6 is 0 Å². The molecule has 0 aliphatic heterocycles. The molecule has 1 N–H and O–H groups in total. The topological polar surface area (TPSA) is 24.9 Å². The Morgan fingerprint density at radius 2 is 2.12 bits per heavy atom. The Labute approximate surface area is 99.5 Å². The average molecular weight is 220 g/mol. The van der Waals surface area contributed by atoms with E-state index in [0.29, 0.717) is 6.04 Å². The van der Waals surface area contributed by atoms with Gasteiger partial charge in [-0.3, -0.25) is 4.98 Å². The van der Waals surface area contributed by atoms with Crippen LogP contribution in [-0.4, -0.2) is 11.5 Å². The van der Waals surface area contributed by atoms with E-state index in [9.17, 15) is 0 Å². The van der Waals surface area contributed by atoms with Gasteiger partial charge in [-0.1, -0.05) is 33.1 Å². The summed E-state index contributed by atoms with van der Waals surface area (Å²) in [5.41, 5.74) is 2.49. The van der Waals surface area contributed by atoms with E-state index < -0.39 is 0 Å². The van der Waals surface area contributed by atoms with E-state index >= 15 is 0 Å². The fourth-order valence-electron chi connectivity index (χ4n) is 2.02. The van der Waals surface area contributed by atoms with E-state index in [4.69, 9.17) is 0 Å². The van der Waals surface area contributed by atoms with Crippen LogP contribution in [0.25, 0.3) is 0 Å². The summed E-state index contributed by atoms with van der Waals surface area (Å²) in [5, 5.41) is 3.56. The molecule has 1 aromatic rings. The van der Waals surface area contributed by atoms with E-state index in [-0.39, 0.29) is 0 Å². The van der Waals surface area contributed by atoms with Gasteiger partial charge in [-0.05, 0) is 37.6 Å². The van der Waals surface area contributed by atoms with Crippen molar-refractivity contribution in [1.29, 1.82) is 0 Å². The molecule has 0 bridgehead atoms. The van der Waals surface area contributed by atoms with Gasteiger partial charge in [-0.25, -0.2) is 0 Å². The van der Waals surface area contributed by atoms with Crippen molar-refractivity contribution >= 4 is 0 Å². The Balaban J connectivity index is 2.61. The van der Waals surface area contributed by atoms with E-state index in [1.54, 1.807) is 0 Å². The van der Waals surface area contributed by atoms with Crippen molar-refractivity contribution in [3.8, 4) is 0 Å². The van der Waals surface area contributed by atoms with Crippen molar-refractivity contribution in [1.82, 2.24) is 10.3 Å². The summed E-state index contributed by atoms with van der Waals surface area (Å²) < 4.78 is 0. The fraction of sp³-hybridized carbons (Fsp3) is 0.643. The molecule has 1 unspecified atom stereocenters. The highest BCUT2D eigenvalue weighted by atomic mass is 14.9. The molecule has 90 valence electrons. The van der Waals surface area contributed by atoms with Gasteiger partial charge in [-0.15, -0.1) is 0 Å². The van der Waals surface area contributed by atoms with Crippen molar-refractivity contribution in [2.75, 3.05) is 6.54 Å². The Morgan fingerprint density at radius 1 is 1.31 bits per heavy atom. The number of nitrogens with zero attached hydrogens (tertiary/aromatic N) is 1. The van der Waals surface area contributed by atoms with E-state index in [2.05, 4.69) is 43.2 Å². The molecule has 16 heavy (non-hydrogen) atoms. The fourth-order valence-corrected chi connectivity index (χ4v) is 2.02. The third-order valence-corrected chi connectivity index (χ3v) is 2.87. The maximum absolute atomic E-state index is 4.25. The monoisotopic (exact) mass is 220 g/mol. The molecule has 0 saturated heterocycles. The molecule has 0 saturated carbocycles. The number of hydrogen-bond donors (Lipinski definition) is 1. The van der Waals surface area contributed by atoms with Gasteiger partial charge in [0.05, 0.1) is 0 Å². The molecule has 0 radical (unpaired) electrons. The van der Waals surface area contributed by atoms with Gasteiger partial charge in [0, 0.05) is 17.9 Å². The van der Waals surface area contributed by atoms with Crippen LogP contribution in [0.2, 0.25) is 0 Å². The Bertz CT molecular complexity index is 297. The van der Waals surface area contributed by atoms with E-state index in [1.807, 2.05) is 6.20 Å². The van der Waals surface area contributed by atoms with Gasteiger partial charge in [0.25, 0.3) is 0 Å². The number of rotatable bonds is 7. The third kappa shape index (κ3) is 4.31. The van der Waals surface area contributed by atoms with Crippen LogP contribution in [0.5, 0.6) is 0 Å². The summed E-state index contributed by atoms with van der Waals surface area (Å²) in [7, 11) is 0. The molecule has 0 spiro atoms. The average Bonchev–Trinajstić information content (AvgIpc) is 2.28. The second-order valence-electron chi connectivity index (χ2n) is 4.34. The van der Waals surface area contributed by atoms with Gasteiger partial charge in [-0.2, -0.15) is 0 Å². The molecule has 0 aliphatic carbocycles. The van der Waals surface area contributed by atoms with Gasteiger partial charge in [0.15, 0.2) is 0 Å². The van der Waals surface area contributed by atoms with Crippen LogP contribution in [0.15, 0.2) is 18.3 Å². The zero-order valence-corrected chi connectivity index (χ0v) is 10.8. The highest BCUT2D eigenvalue weighted by molar-refractivity contribution is 5.19. The van der Waals surface area contributed by atoms with Gasteiger partial charge in [0.1, 0.15) is 0 Å². The molecule has 0 amide bonds. The molecule has 2 heteroatoms. The number of hydrogen-bond acceptors (Lipinski definition) is 2. The summed E-state index contributed by atoms with van der Waals surface area (Å²) >= 11 is 0. The first-order valence-corrected chi connectivity index (χ1v) is 6.43. The van der Waals surface area contributed by atoms with Gasteiger partial charge < -0.3 is 5.32 Å². The lowest BCUT2D eigenvalue weighted by atomic mass is 10.0. The molecule has 1 heterocycles. The maximum atomic E-state index is 4.25. The number of aryl methyl sites for hydroxylation is 1. The van der Waals surface area contributed by atoms with Crippen LogP contribution in [0.3, 0.4) is 0 Å². The molecular weight excluding hydrogens is 196 g/mol. The molecule has 1 atom stereocenters. The largest absolute Gasteiger partial charge is 0.310 e.